The van der Waals surface area contributed by atoms with Crippen LogP contribution in [-0.4, -0.2) is 37.1 Å². The summed E-state index contributed by atoms with van der Waals surface area (Å²) in [4.78, 5) is 28.3. The molecule has 4 rings (SSSR count). The molecule has 0 aliphatic heterocycles. The van der Waals surface area contributed by atoms with Crippen molar-refractivity contribution in [1.29, 1.82) is 0 Å². The highest BCUT2D eigenvalue weighted by molar-refractivity contribution is 6.00. The lowest BCUT2D eigenvalue weighted by molar-refractivity contribution is -0.138. The molecule has 11 heteroatoms. The van der Waals surface area contributed by atoms with Crippen LogP contribution >= 0.6 is 0 Å². The minimum absolute atomic E-state index is 0.00656. The van der Waals surface area contributed by atoms with E-state index >= 15 is 0 Å². The third-order valence-electron chi connectivity index (χ3n) is 4.40. The van der Waals surface area contributed by atoms with E-state index in [4.69, 9.17) is 0 Å². The highest BCUT2D eigenvalue weighted by Crippen LogP contribution is 2.31. The van der Waals surface area contributed by atoms with Crippen LogP contribution in [0.5, 0.6) is 0 Å². The molecule has 0 aliphatic rings. The number of rotatable bonds is 4. The first-order valence-electron chi connectivity index (χ1n) is 9.23. The molecule has 0 unspecified atom stereocenters. The van der Waals surface area contributed by atoms with Gasteiger partial charge in [0, 0.05) is 54.9 Å². The van der Waals surface area contributed by atoms with E-state index in [9.17, 15) is 18.0 Å². The van der Waals surface area contributed by atoms with Crippen LogP contribution in [-0.2, 0) is 6.18 Å². The fourth-order valence-electron chi connectivity index (χ4n) is 2.97. The minimum Gasteiger partial charge on any atom is -0.338 e. The maximum absolute atomic E-state index is 12.9. The van der Waals surface area contributed by atoms with Crippen LogP contribution in [0.2, 0.25) is 0 Å². The van der Waals surface area contributed by atoms with E-state index in [1.165, 1.54) is 10.8 Å². The summed E-state index contributed by atoms with van der Waals surface area (Å²) in [6, 6.07) is 4.97. The number of nitrogens with zero attached hydrogens (tertiary/aromatic N) is 5. The number of carbonyl (C=O) groups excluding carboxylic acids is 1. The van der Waals surface area contributed by atoms with Crippen molar-refractivity contribution in [2.45, 2.75) is 13.1 Å². The van der Waals surface area contributed by atoms with Crippen LogP contribution in [0, 0.1) is 0 Å². The molecule has 0 atom stereocenters. The largest absolute Gasteiger partial charge is 0.419 e. The fraction of sp³-hybridized carbons (Fsp3) is 0.150. The van der Waals surface area contributed by atoms with E-state index in [2.05, 4.69) is 30.6 Å². The van der Waals surface area contributed by atoms with Gasteiger partial charge in [-0.1, -0.05) is 6.07 Å². The van der Waals surface area contributed by atoms with Crippen LogP contribution < -0.4 is 10.6 Å². The van der Waals surface area contributed by atoms with Gasteiger partial charge in [-0.05, 0) is 19.1 Å². The fourth-order valence-corrected chi connectivity index (χ4v) is 2.97. The number of hydrogen-bond acceptors (Lipinski definition) is 5. The summed E-state index contributed by atoms with van der Waals surface area (Å²) < 4.78 is 40.1. The highest BCUT2D eigenvalue weighted by Gasteiger charge is 2.31. The van der Waals surface area contributed by atoms with Crippen LogP contribution in [0.1, 0.15) is 12.5 Å². The van der Waals surface area contributed by atoms with E-state index in [0.717, 1.165) is 11.1 Å². The molecule has 0 fully saturated rings. The maximum atomic E-state index is 12.9. The van der Waals surface area contributed by atoms with Crippen molar-refractivity contribution in [3.05, 3.63) is 60.9 Å². The van der Waals surface area contributed by atoms with Gasteiger partial charge in [-0.25, -0.2) is 14.8 Å². The van der Waals surface area contributed by atoms with Crippen molar-refractivity contribution in [2.75, 3.05) is 11.9 Å². The summed E-state index contributed by atoms with van der Waals surface area (Å²) in [7, 11) is 0. The van der Waals surface area contributed by atoms with E-state index in [0.29, 0.717) is 35.7 Å². The Morgan fingerprint density at radius 3 is 2.52 bits per heavy atom. The molecule has 0 spiro atoms. The summed E-state index contributed by atoms with van der Waals surface area (Å²) in [5.41, 5.74) is 1.88. The van der Waals surface area contributed by atoms with E-state index < -0.39 is 17.8 Å². The van der Waals surface area contributed by atoms with Crippen LogP contribution in [0.15, 0.2) is 55.4 Å². The monoisotopic (exact) mass is 427 g/mol. The van der Waals surface area contributed by atoms with Crippen molar-refractivity contribution in [1.82, 2.24) is 29.8 Å². The van der Waals surface area contributed by atoms with Crippen molar-refractivity contribution < 1.29 is 18.0 Å². The van der Waals surface area contributed by atoms with Crippen molar-refractivity contribution >= 4 is 22.8 Å². The molecule has 2 N–H and O–H groups in total. The second kappa shape index (κ2) is 8.01. The van der Waals surface area contributed by atoms with Gasteiger partial charge in [-0.2, -0.15) is 13.2 Å². The lowest BCUT2D eigenvalue weighted by Crippen LogP contribution is -2.28. The minimum atomic E-state index is -4.54. The number of aromatic nitrogens is 5. The smallest absolute Gasteiger partial charge is 0.338 e. The van der Waals surface area contributed by atoms with Crippen LogP contribution in [0.25, 0.3) is 28.1 Å². The maximum Gasteiger partial charge on any atom is 0.419 e. The molecule has 0 aliphatic carbocycles. The van der Waals surface area contributed by atoms with Crippen molar-refractivity contribution in [3.8, 4) is 17.1 Å². The Morgan fingerprint density at radius 1 is 1.10 bits per heavy atom. The van der Waals surface area contributed by atoms with Gasteiger partial charge in [-0.15, -0.1) is 0 Å². The summed E-state index contributed by atoms with van der Waals surface area (Å²) in [6.07, 6.45) is 3.33. The van der Waals surface area contributed by atoms with E-state index in [1.807, 2.05) is 6.07 Å². The van der Waals surface area contributed by atoms with E-state index in [1.54, 1.807) is 37.6 Å². The SMILES string of the molecule is CCNC(=O)Nc1cn(-c2ncc(C(F)(F)F)cn2)c2cc(-c3cccnc3)cnc12. The molecule has 31 heavy (non-hydrogen) atoms. The van der Waals surface area contributed by atoms with Gasteiger partial charge >= 0.3 is 12.2 Å². The Bertz CT molecular complexity index is 1220. The second-order valence-corrected chi connectivity index (χ2v) is 6.50. The van der Waals surface area contributed by atoms with Gasteiger partial charge in [0.15, 0.2) is 0 Å². The first kappa shape index (κ1) is 20.3. The zero-order valence-corrected chi connectivity index (χ0v) is 16.2. The van der Waals surface area contributed by atoms with Gasteiger partial charge in [0.05, 0.1) is 16.8 Å². The van der Waals surface area contributed by atoms with Crippen molar-refractivity contribution in [2.24, 2.45) is 0 Å². The van der Waals surface area contributed by atoms with Gasteiger partial charge in [0.2, 0.25) is 5.95 Å². The predicted octanol–water partition coefficient (Wildman–Crippen LogP) is 4.04. The van der Waals surface area contributed by atoms with Gasteiger partial charge in [-0.3, -0.25) is 14.5 Å². The topological polar surface area (TPSA) is 97.6 Å². The summed E-state index contributed by atoms with van der Waals surface area (Å²) in [5.74, 6) is 0.00656. The second-order valence-electron chi connectivity index (χ2n) is 6.50. The van der Waals surface area contributed by atoms with Gasteiger partial charge < -0.3 is 10.6 Å². The average Bonchev–Trinajstić information content (AvgIpc) is 3.11. The quantitative estimate of drug-likeness (QED) is 0.512. The number of urea groups is 1. The zero-order chi connectivity index (χ0) is 22.0. The standard InChI is InChI=1S/C20H16F3N7O/c1-2-25-19(31)29-15-11-30(18-27-9-14(10-28-18)20(21,22)23)16-6-13(8-26-17(15)16)12-4-3-5-24-7-12/h3-11H,2H2,1H3,(H2,25,29,31). The molecule has 0 radical (unpaired) electrons. The molecule has 0 saturated carbocycles. The number of nitrogens with one attached hydrogen (secondary N) is 2. The molecule has 4 aromatic rings. The lowest BCUT2D eigenvalue weighted by Gasteiger charge is -2.08. The third kappa shape index (κ3) is 4.15. The first-order valence-corrected chi connectivity index (χ1v) is 9.23. The summed E-state index contributed by atoms with van der Waals surface area (Å²) in [5, 5.41) is 5.31. The molecule has 2 amide bonds. The number of anilines is 1. The number of pyridine rings is 2. The lowest BCUT2D eigenvalue weighted by atomic mass is 10.1. The third-order valence-corrected chi connectivity index (χ3v) is 4.40. The number of amides is 2. The summed E-state index contributed by atoms with van der Waals surface area (Å²) in [6.45, 7) is 2.20. The molecule has 8 nitrogen and oxygen atoms in total. The molecule has 4 heterocycles. The Labute approximate surface area is 174 Å². The number of carbonyl (C=O) groups is 1. The Kier molecular flexibility index (Phi) is 5.24. The van der Waals surface area contributed by atoms with E-state index in [-0.39, 0.29) is 5.95 Å². The predicted molar refractivity (Wildman–Crippen MR) is 108 cm³/mol. The zero-order valence-electron chi connectivity index (χ0n) is 16.2. The Hall–Kier alpha value is -4.02. The molecule has 4 aromatic heterocycles. The highest BCUT2D eigenvalue weighted by atomic mass is 19.4. The summed E-state index contributed by atoms with van der Waals surface area (Å²) >= 11 is 0. The van der Waals surface area contributed by atoms with Crippen molar-refractivity contribution in [3.63, 3.8) is 0 Å². The van der Waals surface area contributed by atoms with Gasteiger partial charge in [0.1, 0.15) is 5.52 Å². The average molecular weight is 427 g/mol. The van der Waals surface area contributed by atoms with Gasteiger partial charge in [0.25, 0.3) is 0 Å². The molecule has 0 aromatic carbocycles. The molecular formula is C20H16F3N7O. The van der Waals surface area contributed by atoms with Crippen LogP contribution in [0.3, 0.4) is 0 Å². The normalized spacial score (nSPS) is 11.5. The number of alkyl halides is 3. The first-order chi connectivity index (χ1) is 14.9. The Morgan fingerprint density at radius 2 is 1.87 bits per heavy atom. The Balaban J connectivity index is 1.84. The number of hydrogen-bond donors (Lipinski definition) is 2. The molecule has 158 valence electrons. The van der Waals surface area contributed by atoms with Crippen LogP contribution in [0.4, 0.5) is 23.7 Å². The molecule has 0 saturated heterocycles. The number of halogens is 3. The number of fused-ring (bicyclic) bond motifs is 1. The molecule has 0 bridgehead atoms. The molecular weight excluding hydrogens is 411 g/mol.